The number of imidazole rings is 1. The lowest BCUT2D eigenvalue weighted by atomic mass is 10.3. The van der Waals surface area contributed by atoms with Crippen LogP contribution in [0, 0.1) is 0 Å². The van der Waals surface area contributed by atoms with Gasteiger partial charge in [-0.05, 0) is 12.1 Å². The van der Waals surface area contributed by atoms with E-state index in [2.05, 4.69) is 20.3 Å². The van der Waals surface area contributed by atoms with Crippen molar-refractivity contribution < 1.29 is 4.79 Å². The standard InChI is InChI=1S/C13H12N4OS2/c1-8(18)14-12-15-9(6-19-12)7-20-13-16-10-4-2-3-5-11(10)17-13/h2-6H,7H2,1H3,(H,16,17)(H,14,15,18). The van der Waals surface area contributed by atoms with Crippen molar-refractivity contribution in [3.63, 3.8) is 0 Å². The number of carbonyl (C=O) groups excluding carboxylic acids is 1. The van der Waals surface area contributed by atoms with Crippen LogP contribution in [0.4, 0.5) is 5.13 Å². The number of amides is 1. The van der Waals surface area contributed by atoms with E-state index in [1.165, 1.54) is 18.3 Å². The van der Waals surface area contributed by atoms with Crippen molar-refractivity contribution >= 4 is 45.2 Å². The van der Waals surface area contributed by atoms with Crippen molar-refractivity contribution in [3.8, 4) is 0 Å². The van der Waals surface area contributed by atoms with E-state index in [0.717, 1.165) is 27.6 Å². The number of benzene rings is 1. The summed E-state index contributed by atoms with van der Waals surface area (Å²) in [5.74, 6) is 0.617. The third kappa shape index (κ3) is 3.00. The number of anilines is 1. The van der Waals surface area contributed by atoms with Crippen LogP contribution in [0.15, 0.2) is 34.8 Å². The average Bonchev–Trinajstić information content (AvgIpc) is 3.01. The van der Waals surface area contributed by atoms with Crippen molar-refractivity contribution in [2.75, 3.05) is 5.32 Å². The molecular weight excluding hydrogens is 292 g/mol. The predicted molar refractivity (Wildman–Crippen MR) is 82.1 cm³/mol. The average molecular weight is 304 g/mol. The van der Waals surface area contributed by atoms with Gasteiger partial charge < -0.3 is 10.3 Å². The highest BCUT2D eigenvalue weighted by Gasteiger charge is 2.06. The number of H-pyrrole nitrogens is 1. The van der Waals surface area contributed by atoms with Crippen LogP contribution in [-0.2, 0) is 10.5 Å². The lowest BCUT2D eigenvalue weighted by molar-refractivity contribution is -0.114. The fourth-order valence-corrected chi connectivity index (χ4v) is 3.36. The Hall–Kier alpha value is -1.86. The van der Waals surface area contributed by atoms with Gasteiger partial charge in [0.2, 0.25) is 5.91 Å². The molecule has 0 aliphatic rings. The Morgan fingerprint density at radius 2 is 2.25 bits per heavy atom. The maximum absolute atomic E-state index is 10.9. The predicted octanol–water partition coefficient (Wildman–Crippen LogP) is 3.27. The summed E-state index contributed by atoms with van der Waals surface area (Å²) in [5.41, 5.74) is 2.93. The number of aromatic nitrogens is 3. The summed E-state index contributed by atoms with van der Waals surface area (Å²) in [7, 11) is 0. The highest BCUT2D eigenvalue weighted by Crippen LogP contribution is 2.25. The van der Waals surface area contributed by atoms with Gasteiger partial charge in [0.05, 0.1) is 16.7 Å². The molecule has 2 aromatic heterocycles. The maximum atomic E-state index is 10.9. The normalized spacial score (nSPS) is 10.8. The molecule has 1 amide bonds. The zero-order chi connectivity index (χ0) is 13.9. The van der Waals surface area contributed by atoms with Gasteiger partial charge in [-0.1, -0.05) is 23.9 Å². The third-order valence-electron chi connectivity index (χ3n) is 2.56. The number of nitrogens with one attached hydrogen (secondary N) is 2. The maximum Gasteiger partial charge on any atom is 0.223 e. The minimum absolute atomic E-state index is 0.101. The SMILES string of the molecule is CC(=O)Nc1nc(CSc2nc3ccccc3[nH]2)cs1. The van der Waals surface area contributed by atoms with Crippen molar-refractivity contribution in [1.82, 2.24) is 15.0 Å². The minimum Gasteiger partial charge on any atom is -0.333 e. The number of hydrogen-bond donors (Lipinski definition) is 2. The van der Waals surface area contributed by atoms with E-state index in [1.807, 2.05) is 29.6 Å². The van der Waals surface area contributed by atoms with Gasteiger partial charge in [-0.15, -0.1) is 11.3 Å². The second-order valence-electron chi connectivity index (χ2n) is 4.17. The molecule has 0 unspecified atom stereocenters. The fraction of sp³-hybridized carbons (Fsp3) is 0.154. The molecule has 3 rings (SSSR count). The quantitative estimate of drug-likeness (QED) is 0.726. The van der Waals surface area contributed by atoms with Crippen LogP contribution in [0.5, 0.6) is 0 Å². The molecule has 0 saturated heterocycles. The van der Waals surface area contributed by atoms with Crippen molar-refractivity contribution in [3.05, 3.63) is 35.3 Å². The molecule has 1 aromatic carbocycles. The van der Waals surface area contributed by atoms with Crippen LogP contribution in [0.3, 0.4) is 0 Å². The van der Waals surface area contributed by atoms with E-state index >= 15 is 0 Å². The first-order chi connectivity index (χ1) is 9.70. The van der Waals surface area contributed by atoms with Gasteiger partial charge in [0.1, 0.15) is 0 Å². The molecule has 102 valence electrons. The van der Waals surface area contributed by atoms with E-state index in [1.54, 1.807) is 11.8 Å². The Bertz CT molecular complexity index is 717. The van der Waals surface area contributed by atoms with E-state index in [4.69, 9.17) is 0 Å². The van der Waals surface area contributed by atoms with Gasteiger partial charge in [-0.2, -0.15) is 0 Å². The summed E-state index contributed by atoms with van der Waals surface area (Å²) in [6.45, 7) is 1.48. The van der Waals surface area contributed by atoms with Crippen molar-refractivity contribution in [2.24, 2.45) is 0 Å². The summed E-state index contributed by atoms with van der Waals surface area (Å²) in [6, 6.07) is 7.94. The molecule has 20 heavy (non-hydrogen) atoms. The number of fused-ring (bicyclic) bond motifs is 1. The molecule has 0 radical (unpaired) electrons. The molecule has 5 nitrogen and oxygen atoms in total. The molecule has 0 fully saturated rings. The lowest BCUT2D eigenvalue weighted by Crippen LogP contribution is -2.05. The van der Waals surface area contributed by atoms with Gasteiger partial charge in [-0.25, -0.2) is 9.97 Å². The summed E-state index contributed by atoms with van der Waals surface area (Å²) >= 11 is 3.03. The third-order valence-corrected chi connectivity index (χ3v) is 4.27. The second-order valence-corrected chi connectivity index (χ2v) is 6.00. The van der Waals surface area contributed by atoms with Crippen LogP contribution in [0.2, 0.25) is 0 Å². The monoisotopic (exact) mass is 304 g/mol. The molecule has 0 aliphatic carbocycles. The number of thioether (sulfide) groups is 1. The number of para-hydroxylation sites is 2. The number of thiazole rings is 1. The second kappa shape index (κ2) is 5.64. The van der Waals surface area contributed by atoms with Gasteiger partial charge in [-0.3, -0.25) is 4.79 Å². The van der Waals surface area contributed by atoms with Gasteiger partial charge in [0, 0.05) is 18.1 Å². The van der Waals surface area contributed by atoms with E-state index < -0.39 is 0 Å². The number of hydrogen-bond acceptors (Lipinski definition) is 5. The van der Waals surface area contributed by atoms with Crippen LogP contribution >= 0.6 is 23.1 Å². The van der Waals surface area contributed by atoms with E-state index in [0.29, 0.717) is 5.13 Å². The minimum atomic E-state index is -0.101. The number of aromatic amines is 1. The zero-order valence-electron chi connectivity index (χ0n) is 10.7. The summed E-state index contributed by atoms with van der Waals surface area (Å²) in [5, 5.41) is 6.14. The molecule has 7 heteroatoms. The molecule has 0 atom stereocenters. The molecule has 0 saturated carbocycles. The molecule has 2 heterocycles. The lowest BCUT2D eigenvalue weighted by Gasteiger charge is -1.95. The van der Waals surface area contributed by atoms with Crippen molar-refractivity contribution in [2.45, 2.75) is 17.8 Å². The topological polar surface area (TPSA) is 70.7 Å². The first-order valence-corrected chi connectivity index (χ1v) is 7.87. The molecule has 0 spiro atoms. The number of nitrogens with zero attached hydrogens (tertiary/aromatic N) is 2. The largest absolute Gasteiger partial charge is 0.333 e. The Morgan fingerprint density at radius 1 is 1.40 bits per heavy atom. The molecule has 3 aromatic rings. The highest BCUT2D eigenvalue weighted by molar-refractivity contribution is 7.98. The van der Waals surface area contributed by atoms with E-state index in [-0.39, 0.29) is 5.91 Å². The smallest absolute Gasteiger partial charge is 0.223 e. The number of rotatable bonds is 4. The van der Waals surface area contributed by atoms with Gasteiger partial charge >= 0.3 is 0 Å². The van der Waals surface area contributed by atoms with Gasteiger partial charge in [0.15, 0.2) is 10.3 Å². The summed E-state index contributed by atoms with van der Waals surface area (Å²) < 4.78 is 0. The number of carbonyl (C=O) groups is 1. The molecule has 2 N–H and O–H groups in total. The van der Waals surface area contributed by atoms with Crippen molar-refractivity contribution in [1.29, 1.82) is 0 Å². The molecule has 0 aliphatic heterocycles. The summed E-state index contributed by atoms with van der Waals surface area (Å²) in [6.07, 6.45) is 0. The van der Waals surface area contributed by atoms with E-state index in [9.17, 15) is 4.79 Å². The first-order valence-electron chi connectivity index (χ1n) is 6.00. The molecular formula is C13H12N4OS2. The Balaban J connectivity index is 1.66. The summed E-state index contributed by atoms with van der Waals surface area (Å²) in [4.78, 5) is 23.0. The highest BCUT2D eigenvalue weighted by atomic mass is 32.2. The van der Waals surface area contributed by atoms with Crippen LogP contribution in [-0.4, -0.2) is 20.9 Å². The van der Waals surface area contributed by atoms with Crippen LogP contribution < -0.4 is 5.32 Å². The fourth-order valence-electron chi connectivity index (χ4n) is 1.72. The zero-order valence-corrected chi connectivity index (χ0v) is 12.3. The Morgan fingerprint density at radius 3 is 3.05 bits per heavy atom. The van der Waals surface area contributed by atoms with Gasteiger partial charge in [0.25, 0.3) is 0 Å². The molecule has 0 bridgehead atoms. The Kier molecular flexibility index (Phi) is 3.70. The first kappa shape index (κ1) is 13.1. The Labute approximate surface area is 123 Å². The van der Waals surface area contributed by atoms with Crippen LogP contribution in [0.25, 0.3) is 11.0 Å². The van der Waals surface area contributed by atoms with Crippen LogP contribution in [0.1, 0.15) is 12.6 Å².